The number of ether oxygens (including phenoxy) is 1. The lowest BCUT2D eigenvalue weighted by molar-refractivity contribution is 0.0690. The van der Waals surface area contributed by atoms with E-state index in [1.165, 1.54) is 0 Å². The minimum atomic E-state index is -1.11. The van der Waals surface area contributed by atoms with Crippen molar-refractivity contribution in [3.63, 3.8) is 0 Å². The molecule has 3 aromatic rings. The molecule has 0 spiro atoms. The third kappa shape index (κ3) is 5.76. The second-order valence-corrected chi connectivity index (χ2v) is 11.5. The highest BCUT2D eigenvalue weighted by molar-refractivity contribution is 6.10. The maximum absolute atomic E-state index is 12.1. The molecule has 0 aliphatic carbocycles. The fourth-order valence-electron chi connectivity index (χ4n) is 5.29. The highest BCUT2D eigenvalue weighted by Gasteiger charge is 2.34. The fourth-order valence-corrected chi connectivity index (χ4v) is 5.29. The Bertz CT molecular complexity index is 1370. The van der Waals surface area contributed by atoms with Gasteiger partial charge in [0.05, 0.1) is 13.2 Å². The van der Waals surface area contributed by atoms with Gasteiger partial charge in [-0.25, -0.2) is 9.78 Å². The number of aromatic carboxylic acids is 1. The Hall–Kier alpha value is -3.91. The van der Waals surface area contributed by atoms with Crippen LogP contribution >= 0.6 is 0 Å². The average molecular weight is 528 g/mol. The summed E-state index contributed by atoms with van der Waals surface area (Å²) in [6.45, 7) is 13.5. The minimum Gasteiger partial charge on any atom is -0.477 e. The highest BCUT2D eigenvalue weighted by atomic mass is 16.5. The van der Waals surface area contributed by atoms with Gasteiger partial charge in [-0.15, -0.1) is 0 Å². The van der Waals surface area contributed by atoms with E-state index in [2.05, 4.69) is 58.2 Å². The van der Waals surface area contributed by atoms with Gasteiger partial charge in [-0.3, -0.25) is 0 Å². The first-order valence-corrected chi connectivity index (χ1v) is 13.5. The van der Waals surface area contributed by atoms with Crippen LogP contribution in [-0.2, 0) is 4.74 Å². The summed E-state index contributed by atoms with van der Waals surface area (Å²) in [5.74, 6) is -0.811. The van der Waals surface area contributed by atoms with Crippen LogP contribution < -0.4 is 15.1 Å². The molecule has 0 bridgehead atoms. The second-order valence-electron chi connectivity index (χ2n) is 11.5. The lowest BCUT2D eigenvalue weighted by atomic mass is 9.84. The standard InChI is InChI=1S/C31H37N5O3/c1-20(2)28(32)27-25(21-8-10-23(11-9-21)35-12-14-39-15-13-35)17-26(30(37)38)34-29(27)33-22-6-5-7-24(16-22)36-18-31(3,4)19-36/h5-11,16-17,20,32H,12-15,18-19H2,1-4H3,(H,33,34)(H,37,38). The van der Waals surface area contributed by atoms with Gasteiger partial charge in [0.25, 0.3) is 0 Å². The summed E-state index contributed by atoms with van der Waals surface area (Å²) >= 11 is 0. The summed E-state index contributed by atoms with van der Waals surface area (Å²) in [7, 11) is 0. The second kappa shape index (κ2) is 10.7. The van der Waals surface area contributed by atoms with E-state index in [9.17, 15) is 9.90 Å². The number of carboxylic acid groups (broad SMARTS) is 1. The number of hydrogen-bond acceptors (Lipinski definition) is 7. The Morgan fingerprint density at radius 1 is 1.03 bits per heavy atom. The molecule has 0 atom stereocenters. The number of pyridine rings is 1. The predicted octanol–water partition coefficient (Wildman–Crippen LogP) is 5.90. The molecule has 2 aromatic carbocycles. The van der Waals surface area contributed by atoms with Crippen molar-refractivity contribution in [2.75, 3.05) is 54.5 Å². The Labute approximate surface area is 230 Å². The normalized spacial score (nSPS) is 16.6. The number of benzene rings is 2. The Balaban J connectivity index is 1.55. The third-order valence-corrected chi connectivity index (χ3v) is 7.35. The first-order valence-electron chi connectivity index (χ1n) is 13.5. The van der Waals surface area contributed by atoms with Gasteiger partial charge >= 0.3 is 5.97 Å². The molecule has 39 heavy (non-hydrogen) atoms. The number of anilines is 4. The van der Waals surface area contributed by atoms with Crippen molar-refractivity contribution in [2.24, 2.45) is 11.3 Å². The van der Waals surface area contributed by atoms with Crippen LogP contribution in [0, 0.1) is 16.7 Å². The Morgan fingerprint density at radius 3 is 2.33 bits per heavy atom. The number of aromatic nitrogens is 1. The molecule has 0 unspecified atom stereocenters. The molecule has 8 heteroatoms. The van der Waals surface area contributed by atoms with Crippen LogP contribution in [0.1, 0.15) is 43.7 Å². The zero-order chi connectivity index (χ0) is 27.7. The van der Waals surface area contributed by atoms with Crippen LogP contribution in [0.15, 0.2) is 54.6 Å². The summed E-state index contributed by atoms with van der Waals surface area (Å²) in [4.78, 5) is 21.2. The lowest BCUT2D eigenvalue weighted by Crippen LogP contribution is -2.53. The third-order valence-electron chi connectivity index (χ3n) is 7.35. The van der Waals surface area contributed by atoms with Crippen molar-refractivity contribution >= 4 is 34.6 Å². The van der Waals surface area contributed by atoms with Crippen molar-refractivity contribution in [2.45, 2.75) is 27.7 Å². The molecule has 2 saturated heterocycles. The van der Waals surface area contributed by atoms with Gasteiger partial charge in [0.2, 0.25) is 0 Å². The lowest BCUT2D eigenvalue weighted by Gasteiger charge is -2.47. The van der Waals surface area contributed by atoms with Crippen LogP contribution in [0.2, 0.25) is 0 Å². The molecular formula is C31H37N5O3. The molecular weight excluding hydrogens is 490 g/mol. The maximum Gasteiger partial charge on any atom is 0.354 e. The molecule has 3 N–H and O–H groups in total. The Kier molecular flexibility index (Phi) is 7.32. The van der Waals surface area contributed by atoms with E-state index in [1.54, 1.807) is 6.07 Å². The Morgan fingerprint density at radius 2 is 1.72 bits per heavy atom. The van der Waals surface area contributed by atoms with Gasteiger partial charge in [-0.05, 0) is 58.9 Å². The zero-order valence-corrected chi connectivity index (χ0v) is 23.1. The zero-order valence-electron chi connectivity index (χ0n) is 23.1. The number of carboxylic acids is 1. The van der Waals surface area contributed by atoms with E-state index >= 15 is 0 Å². The number of nitrogens with one attached hydrogen (secondary N) is 2. The van der Waals surface area contributed by atoms with Crippen molar-refractivity contribution in [1.82, 2.24) is 4.98 Å². The van der Waals surface area contributed by atoms with E-state index in [0.29, 0.717) is 41.3 Å². The highest BCUT2D eigenvalue weighted by Crippen LogP contribution is 2.37. The van der Waals surface area contributed by atoms with Gasteiger partial charge in [-0.2, -0.15) is 0 Å². The molecule has 8 nitrogen and oxygen atoms in total. The van der Waals surface area contributed by atoms with E-state index in [0.717, 1.165) is 48.8 Å². The first kappa shape index (κ1) is 26.7. The summed E-state index contributed by atoms with van der Waals surface area (Å²) in [5, 5.41) is 22.3. The van der Waals surface area contributed by atoms with Crippen molar-refractivity contribution in [3.8, 4) is 11.1 Å². The smallest absolute Gasteiger partial charge is 0.354 e. The molecule has 2 aliphatic heterocycles. The van der Waals surface area contributed by atoms with Gasteiger partial charge in [0.1, 0.15) is 5.82 Å². The summed E-state index contributed by atoms with van der Waals surface area (Å²) in [5.41, 5.74) is 5.78. The topological polar surface area (TPSA) is 102 Å². The van der Waals surface area contributed by atoms with Crippen molar-refractivity contribution in [3.05, 3.63) is 65.9 Å². The number of carbonyl (C=O) groups is 1. The molecule has 1 aromatic heterocycles. The molecule has 204 valence electrons. The van der Waals surface area contributed by atoms with E-state index in [1.807, 2.05) is 38.1 Å². The SMILES string of the molecule is CC(C)C(=N)c1c(-c2ccc(N3CCOCC3)cc2)cc(C(=O)O)nc1Nc1cccc(N2CC(C)(C)C2)c1. The van der Waals surface area contributed by atoms with Crippen LogP contribution in [0.3, 0.4) is 0 Å². The molecule has 2 fully saturated rings. The molecule has 0 saturated carbocycles. The largest absolute Gasteiger partial charge is 0.477 e. The summed E-state index contributed by atoms with van der Waals surface area (Å²) < 4.78 is 5.48. The minimum absolute atomic E-state index is 0.0642. The average Bonchev–Trinajstić information content (AvgIpc) is 2.91. The van der Waals surface area contributed by atoms with Crippen molar-refractivity contribution in [1.29, 1.82) is 5.41 Å². The summed E-state index contributed by atoms with van der Waals surface area (Å²) in [6.07, 6.45) is 0. The molecule has 5 rings (SSSR count). The van der Waals surface area contributed by atoms with Gasteiger partial charge in [0.15, 0.2) is 5.69 Å². The van der Waals surface area contributed by atoms with Gasteiger partial charge < -0.3 is 30.4 Å². The van der Waals surface area contributed by atoms with Gasteiger partial charge in [0, 0.05) is 54.5 Å². The monoisotopic (exact) mass is 527 g/mol. The van der Waals surface area contributed by atoms with E-state index < -0.39 is 5.97 Å². The number of nitrogens with zero attached hydrogens (tertiary/aromatic N) is 3. The first-order chi connectivity index (χ1) is 18.6. The molecule has 0 radical (unpaired) electrons. The van der Waals surface area contributed by atoms with Crippen LogP contribution in [0.25, 0.3) is 11.1 Å². The fraction of sp³-hybridized carbons (Fsp3) is 0.387. The van der Waals surface area contributed by atoms with Crippen LogP contribution in [-0.4, -0.2) is 61.2 Å². The predicted molar refractivity (Wildman–Crippen MR) is 157 cm³/mol. The van der Waals surface area contributed by atoms with Crippen LogP contribution in [0.5, 0.6) is 0 Å². The number of morpholine rings is 1. The number of hydrogen-bond donors (Lipinski definition) is 3. The van der Waals surface area contributed by atoms with E-state index in [-0.39, 0.29) is 11.6 Å². The molecule has 3 heterocycles. The van der Waals surface area contributed by atoms with Gasteiger partial charge in [-0.1, -0.05) is 45.9 Å². The molecule has 0 amide bonds. The molecule has 2 aliphatic rings. The van der Waals surface area contributed by atoms with Crippen molar-refractivity contribution < 1.29 is 14.6 Å². The maximum atomic E-state index is 12.1. The summed E-state index contributed by atoms with van der Waals surface area (Å²) in [6, 6.07) is 17.8. The van der Waals surface area contributed by atoms with Crippen LogP contribution in [0.4, 0.5) is 22.9 Å². The van der Waals surface area contributed by atoms with E-state index in [4.69, 9.17) is 10.1 Å². The number of rotatable bonds is 8. The quantitative estimate of drug-likeness (QED) is 0.314.